The van der Waals surface area contributed by atoms with E-state index in [9.17, 15) is 24.2 Å². The van der Waals surface area contributed by atoms with Crippen LogP contribution in [0.15, 0.2) is 29.5 Å². The van der Waals surface area contributed by atoms with Gasteiger partial charge in [0.1, 0.15) is 23.0 Å². The Morgan fingerprint density at radius 1 is 1.35 bits per heavy atom. The van der Waals surface area contributed by atoms with Crippen LogP contribution < -0.4 is 5.73 Å². The Labute approximate surface area is 185 Å². The highest BCUT2D eigenvalue weighted by Gasteiger charge is 2.41. The SMILES string of the molecule is CCN1C(=O)C(=C(O)CN(CC(N)=O)C(C)C)C(=N)N(Cc2ccc(F)cc2Cl)C1O. The number of primary amides is 1. The Morgan fingerprint density at radius 3 is 2.52 bits per heavy atom. The molecule has 170 valence electrons. The van der Waals surface area contributed by atoms with Crippen molar-refractivity contribution in [2.75, 3.05) is 19.6 Å². The summed E-state index contributed by atoms with van der Waals surface area (Å²) in [5.74, 6) is -2.69. The van der Waals surface area contributed by atoms with Gasteiger partial charge in [0.2, 0.25) is 12.3 Å². The maximum atomic E-state index is 13.4. The zero-order chi connectivity index (χ0) is 23.5. The number of nitrogens with two attached hydrogens (primary N) is 1. The number of aliphatic hydroxyl groups excluding tert-OH is 2. The molecule has 1 aliphatic rings. The number of carbonyl (C=O) groups is 2. The molecule has 2 rings (SSSR count). The lowest BCUT2D eigenvalue weighted by atomic mass is 10.1. The maximum Gasteiger partial charge on any atom is 0.264 e. The van der Waals surface area contributed by atoms with Crippen molar-refractivity contribution in [2.24, 2.45) is 5.73 Å². The summed E-state index contributed by atoms with van der Waals surface area (Å²) in [6.45, 7) is 4.89. The topological polar surface area (TPSA) is 134 Å². The summed E-state index contributed by atoms with van der Waals surface area (Å²) in [5, 5.41) is 30.0. The zero-order valence-electron chi connectivity index (χ0n) is 17.6. The van der Waals surface area contributed by atoms with Crippen LogP contribution >= 0.6 is 11.6 Å². The Bertz CT molecular complexity index is 908. The molecular weight excluding hydrogens is 429 g/mol. The predicted molar refractivity (Wildman–Crippen MR) is 114 cm³/mol. The molecule has 1 aromatic rings. The number of hydrogen-bond acceptors (Lipinski definition) is 6. The number of likely N-dealkylation sites (N-methyl/N-ethyl adjacent to an activating group) is 1. The van der Waals surface area contributed by atoms with Gasteiger partial charge < -0.3 is 20.8 Å². The molecule has 1 heterocycles. The fraction of sp³-hybridized carbons (Fsp3) is 0.450. The van der Waals surface area contributed by atoms with E-state index in [-0.39, 0.29) is 42.8 Å². The van der Waals surface area contributed by atoms with E-state index >= 15 is 0 Å². The van der Waals surface area contributed by atoms with E-state index < -0.39 is 35.6 Å². The molecule has 1 atom stereocenters. The molecule has 1 aliphatic heterocycles. The van der Waals surface area contributed by atoms with Crippen molar-refractivity contribution in [1.82, 2.24) is 14.7 Å². The van der Waals surface area contributed by atoms with Crippen LogP contribution in [0.2, 0.25) is 5.02 Å². The third-order valence-corrected chi connectivity index (χ3v) is 5.34. The van der Waals surface area contributed by atoms with Crippen LogP contribution in [-0.4, -0.2) is 74.6 Å². The van der Waals surface area contributed by atoms with E-state index in [2.05, 4.69) is 0 Å². The minimum Gasteiger partial charge on any atom is -0.510 e. The normalized spacial score (nSPS) is 18.9. The van der Waals surface area contributed by atoms with Crippen LogP contribution in [-0.2, 0) is 16.1 Å². The van der Waals surface area contributed by atoms with Gasteiger partial charge in [0.05, 0.1) is 19.6 Å². The molecule has 11 heteroatoms. The number of amidine groups is 1. The number of halogens is 2. The highest BCUT2D eigenvalue weighted by Crippen LogP contribution is 2.27. The van der Waals surface area contributed by atoms with Crippen LogP contribution in [0.4, 0.5) is 4.39 Å². The number of nitrogens with zero attached hydrogens (tertiary/aromatic N) is 3. The smallest absolute Gasteiger partial charge is 0.264 e. The number of benzene rings is 1. The van der Waals surface area contributed by atoms with E-state index in [0.29, 0.717) is 5.56 Å². The standard InChI is InChI=1S/C20H27ClFN5O4/c1-4-26-19(30)17(15(28)9-25(11(2)3)10-16(23)29)18(24)27(20(26)31)8-12-5-6-13(22)7-14(12)21/h5-7,11,20,24,28,31H,4,8-10H2,1-3H3,(H2,23,29). The van der Waals surface area contributed by atoms with Crippen LogP contribution in [0.3, 0.4) is 0 Å². The molecule has 1 unspecified atom stereocenters. The summed E-state index contributed by atoms with van der Waals surface area (Å²) in [6, 6.07) is 3.55. The maximum absolute atomic E-state index is 13.4. The van der Waals surface area contributed by atoms with Gasteiger partial charge in [-0.2, -0.15) is 0 Å². The summed E-state index contributed by atoms with van der Waals surface area (Å²) in [4.78, 5) is 28.0. The van der Waals surface area contributed by atoms with Crippen molar-refractivity contribution in [3.63, 3.8) is 0 Å². The first kappa shape index (κ1) is 24.6. The number of nitrogens with one attached hydrogen (secondary N) is 1. The van der Waals surface area contributed by atoms with E-state index in [4.69, 9.17) is 22.7 Å². The Hall–Kier alpha value is -2.69. The van der Waals surface area contributed by atoms with Gasteiger partial charge in [0, 0.05) is 17.6 Å². The molecular formula is C20H27ClFN5O4. The number of carbonyl (C=O) groups excluding carboxylic acids is 2. The third kappa shape index (κ3) is 5.52. The van der Waals surface area contributed by atoms with Gasteiger partial charge in [-0.05, 0) is 38.5 Å². The number of hydrogen-bond donors (Lipinski definition) is 4. The van der Waals surface area contributed by atoms with Crippen molar-refractivity contribution in [2.45, 2.75) is 39.7 Å². The van der Waals surface area contributed by atoms with Gasteiger partial charge in [-0.25, -0.2) is 4.39 Å². The highest BCUT2D eigenvalue weighted by molar-refractivity contribution is 6.31. The number of aliphatic hydroxyl groups is 2. The van der Waals surface area contributed by atoms with Gasteiger partial charge in [0.25, 0.3) is 5.91 Å². The second-order valence-corrected chi connectivity index (χ2v) is 7.84. The summed E-state index contributed by atoms with van der Waals surface area (Å²) in [6.07, 6.45) is -1.48. The lowest BCUT2D eigenvalue weighted by Gasteiger charge is -2.42. The molecule has 0 aromatic heterocycles. The highest BCUT2D eigenvalue weighted by atomic mass is 35.5. The Kier molecular flexibility index (Phi) is 7.99. The minimum absolute atomic E-state index is 0.0992. The van der Waals surface area contributed by atoms with Crippen LogP contribution in [0, 0.1) is 11.2 Å². The number of amides is 2. The fourth-order valence-corrected chi connectivity index (χ4v) is 3.46. The van der Waals surface area contributed by atoms with Gasteiger partial charge in [0.15, 0.2) is 0 Å². The molecule has 0 aliphatic carbocycles. The van der Waals surface area contributed by atoms with Gasteiger partial charge in [-0.15, -0.1) is 0 Å². The average Bonchev–Trinajstić information content (AvgIpc) is 2.66. The average molecular weight is 456 g/mol. The summed E-state index contributed by atoms with van der Waals surface area (Å²) >= 11 is 6.08. The first-order chi connectivity index (χ1) is 14.5. The molecule has 31 heavy (non-hydrogen) atoms. The van der Waals surface area contributed by atoms with Crippen molar-refractivity contribution >= 4 is 29.3 Å². The second-order valence-electron chi connectivity index (χ2n) is 7.44. The zero-order valence-corrected chi connectivity index (χ0v) is 18.4. The molecule has 1 saturated heterocycles. The molecule has 9 nitrogen and oxygen atoms in total. The Morgan fingerprint density at radius 2 is 2.00 bits per heavy atom. The summed E-state index contributed by atoms with van der Waals surface area (Å²) in [7, 11) is 0. The lowest BCUT2D eigenvalue weighted by Crippen LogP contribution is -2.59. The minimum atomic E-state index is -1.48. The van der Waals surface area contributed by atoms with Crippen molar-refractivity contribution in [3.05, 3.63) is 45.9 Å². The third-order valence-electron chi connectivity index (χ3n) is 4.98. The molecule has 2 amide bonds. The molecule has 1 fully saturated rings. The molecule has 0 spiro atoms. The second kappa shape index (κ2) is 10.1. The summed E-state index contributed by atoms with van der Waals surface area (Å²) in [5.41, 5.74) is 5.38. The van der Waals surface area contributed by atoms with E-state index in [1.807, 2.05) is 0 Å². The summed E-state index contributed by atoms with van der Waals surface area (Å²) < 4.78 is 13.4. The quantitative estimate of drug-likeness (QED) is 0.346. The van der Waals surface area contributed by atoms with Crippen molar-refractivity contribution in [3.8, 4) is 0 Å². The molecule has 0 bridgehead atoms. The predicted octanol–water partition coefficient (Wildman–Crippen LogP) is 1.40. The fourth-order valence-electron chi connectivity index (χ4n) is 3.23. The van der Waals surface area contributed by atoms with Crippen LogP contribution in [0.25, 0.3) is 0 Å². The largest absolute Gasteiger partial charge is 0.510 e. The lowest BCUT2D eigenvalue weighted by molar-refractivity contribution is -0.151. The van der Waals surface area contributed by atoms with E-state index in [1.165, 1.54) is 17.0 Å². The molecule has 0 saturated carbocycles. The van der Waals surface area contributed by atoms with Crippen molar-refractivity contribution in [1.29, 1.82) is 5.41 Å². The number of rotatable bonds is 8. The first-order valence-corrected chi connectivity index (χ1v) is 10.1. The monoisotopic (exact) mass is 455 g/mol. The molecule has 1 aromatic carbocycles. The van der Waals surface area contributed by atoms with Crippen LogP contribution in [0.1, 0.15) is 26.3 Å². The van der Waals surface area contributed by atoms with Gasteiger partial charge >= 0.3 is 0 Å². The molecule has 5 N–H and O–H groups in total. The van der Waals surface area contributed by atoms with Crippen molar-refractivity contribution < 1.29 is 24.2 Å². The van der Waals surface area contributed by atoms with Crippen LogP contribution in [0.5, 0.6) is 0 Å². The molecule has 0 radical (unpaired) electrons. The Balaban J connectivity index is 2.43. The van der Waals surface area contributed by atoms with E-state index in [0.717, 1.165) is 11.0 Å². The van der Waals surface area contributed by atoms with E-state index in [1.54, 1.807) is 25.7 Å². The van der Waals surface area contributed by atoms with Gasteiger partial charge in [-0.1, -0.05) is 17.7 Å². The first-order valence-electron chi connectivity index (χ1n) is 9.70. The van der Waals surface area contributed by atoms with Gasteiger partial charge in [-0.3, -0.25) is 24.8 Å².